The number of nitrogens with one attached hydrogen (secondary N) is 2. The fraction of sp³-hybridized carbons (Fsp3) is 0.222. The van der Waals surface area contributed by atoms with E-state index in [-0.39, 0.29) is 0 Å². The van der Waals surface area contributed by atoms with Gasteiger partial charge in [-0.15, -0.1) is 6.58 Å². The van der Waals surface area contributed by atoms with Crippen LogP contribution in [-0.4, -0.2) is 25.7 Å². The monoisotopic (exact) mass is 359 g/mol. The minimum absolute atomic E-state index is 0.540. The second kappa shape index (κ2) is 7.48. The lowest BCUT2D eigenvalue weighted by atomic mass is 9.91. The molecule has 6 nitrogen and oxygen atoms in total. The first-order chi connectivity index (χ1) is 11.7. The largest absolute Gasteiger partial charge is 0.332 e. The number of aromatic nitrogens is 1. The van der Waals surface area contributed by atoms with E-state index in [4.69, 9.17) is 0 Å². The maximum absolute atomic E-state index is 12.2. The highest BCUT2D eigenvalue weighted by Gasteiger charge is 2.18. The number of carbonyl (C=O) groups is 1. The Hall–Kier alpha value is -2.67. The molecule has 7 heteroatoms. The van der Waals surface area contributed by atoms with Gasteiger partial charge in [0.25, 0.3) is 0 Å². The van der Waals surface area contributed by atoms with Crippen LogP contribution >= 0.6 is 0 Å². The minimum Gasteiger partial charge on any atom is -0.306 e. The third kappa shape index (κ3) is 4.67. The van der Waals surface area contributed by atoms with Crippen LogP contribution in [-0.2, 0) is 16.4 Å². The number of carbonyl (C=O) groups excluding carboxylic acids is 1. The van der Waals surface area contributed by atoms with E-state index in [1.54, 1.807) is 18.5 Å². The number of nitrogens with zero attached hydrogens (tertiary/aromatic N) is 1. The number of benzene rings is 1. The lowest BCUT2D eigenvalue weighted by Gasteiger charge is -2.20. The van der Waals surface area contributed by atoms with Gasteiger partial charge < -0.3 is 5.32 Å². The molecular formula is C18H21N3O3S. The lowest BCUT2D eigenvalue weighted by molar-refractivity contribution is 0.256. The Morgan fingerprint density at radius 3 is 2.44 bits per heavy atom. The first-order valence-corrected chi connectivity index (χ1v) is 9.55. The fourth-order valence-corrected chi connectivity index (χ4v) is 3.16. The molecule has 0 spiro atoms. The Balaban J connectivity index is 2.64. The predicted molar refractivity (Wildman–Crippen MR) is 100 cm³/mol. The number of rotatable bonds is 5. The zero-order chi connectivity index (χ0) is 18.6. The number of urea groups is 1. The van der Waals surface area contributed by atoms with Gasteiger partial charge >= 0.3 is 6.03 Å². The highest BCUT2D eigenvalue weighted by molar-refractivity contribution is 7.89. The van der Waals surface area contributed by atoms with Crippen LogP contribution in [0, 0.1) is 13.8 Å². The van der Waals surface area contributed by atoms with Crippen LogP contribution in [0.5, 0.6) is 0 Å². The molecule has 2 aromatic rings. The molecule has 0 saturated heterocycles. The molecule has 0 radical (unpaired) electrons. The van der Waals surface area contributed by atoms with Crippen molar-refractivity contribution in [2.75, 3.05) is 11.6 Å². The molecule has 25 heavy (non-hydrogen) atoms. The maximum atomic E-state index is 12.2. The van der Waals surface area contributed by atoms with Gasteiger partial charge in [-0.05, 0) is 54.7 Å². The smallest absolute Gasteiger partial charge is 0.306 e. The highest BCUT2D eigenvalue weighted by Crippen LogP contribution is 2.36. The second-order valence-electron chi connectivity index (χ2n) is 5.80. The molecule has 1 heterocycles. The van der Waals surface area contributed by atoms with Crippen molar-refractivity contribution in [3.8, 4) is 11.1 Å². The van der Waals surface area contributed by atoms with Crippen LogP contribution < -0.4 is 10.0 Å². The van der Waals surface area contributed by atoms with E-state index in [1.165, 1.54) is 0 Å². The van der Waals surface area contributed by atoms with E-state index < -0.39 is 16.1 Å². The molecular weight excluding hydrogens is 338 g/mol. The number of aryl methyl sites for hydroxylation is 2. The lowest BCUT2D eigenvalue weighted by Crippen LogP contribution is -2.34. The minimum atomic E-state index is -3.66. The topological polar surface area (TPSA) is 88.2 Å². The summed E-state index contributed by atoms with van der Waals surface area (Å²) in [5, 5.41) is 2.70. The van der Waals surface area contributed by atoms with Crippen molar-refractivity contribution in [3.63, 3.8) is 0 Å². The summed E-state index contributed by atoms with van der Waals surface area (Å²) in [5.74, 6) is 0. The molecule has 2 N–H and O–H groups in total. The summed E-state index contributed by atoms with van der Waals surface area (Å²) >= 11 is 0. The number of allylic oxidation sites excluding steroid dienone is 1. The van der Waals surface area contributed by atoms with Crippen molar-refractivity contribution in [3.05, 3.63) is 59.9 Å². The SMILES string of the molecule is C=CCc1c(C)cc(C)c(-c2ccncc2)c1NC(=O)NS(C)(=O)=O. The Labute approximate surface area is 148 Å². The second-order valence-corrected chi connectivity index (χ2v) is 7.54. The van der Waals surface area contributed by atoms with Crippen molar-refractivity contribution in [2.24, 2.45) is 0 Å². The van der Waals surface area contributed by atoms with Gasteiger partial charge in [0.1, 0.15) is 0 Å². The summed E-state index contributed by atoms with van der Waals surface area (Å²) < 4.78 is 24.6. The number of anilines is 1. The van der Waals surface area contributed by atoms with E-state index in [9.17, 15) is 13.2 Å². The van der Waals surface area contributed by atoms with Crippen LogP contribution in [0.2, 0.25) is 0 Å². The van der Waals surface area contributed by atoms with Crippen molar-refractivity contribution >= 4 is 21.7 Å². The molecule has 0 aliphatic heterocycles. The first-order valence-electron chi connectivity index (χ1n) is 7.66. The zero-order valence-corrected chi connectivity index (χ0v) is 15.3. The van der Waals surface area contributed by atoms with Crippen molar-refractivity contribution in [2.45, 2.75) is 20.3 Å². The van der Waals surface area contributed by atoms with Crippen LogP contribution in [0.3, 0.4) is 0 Å². The predicted octanol–water partition coefficient (Wildman–Crippen LogP) is 3.18. The summed E-state index contributed by atoms with van der Waals surface area (Å²) in [5.41, 5.74) is 5.12. The Morgan fingerprint density at radius 1 is 1.24 bits per heavy atom. The van der Waals surface area contributed by atoms with Gasteiger partial charge in [-0.3, -0.25) is 4.98 Å². The molecule has 1 aromatic carbocycles. The molecule has 0 bridgehead atoms. The Bertz CT molecular complexity index is 907. The molecule has 0 fully saturated rings. The van der Waals surface area contributed by atoms with Crippen LogP contribution in [0.1, 0.15) is 16.7 Å². The summed E-state index contributed by atoms with van der Waals surface area (Å²) in [7, 11) is -3.66. The van der Waals surface area contributed by atoms with Crippen LogP contribution in [0.25, 0.3) is 11.1 Å². The third-order valence-corrected chi connectivity index (χ3v) is 4.25. The average Bonchev–Trinajstić information content (AvgIpc) is 2.50. The number of amides is 2. The van der Waals surface area contributed by atoms with Gasteiger partial charge in [0, 0.05) is 18.0 Å². The van der Waals surface area contributed by atoms with E-state index in [0.717, 1.165) is 34.1 Å². The van der Waals surface area contributed by atoms with E-state index >= 15 is 0 Å². The summed E-state index contributed by atoms with van der Waals surface area (Å²) in [6, 6.07) is 4.92. The molecule has 0 atom stereocenters. The Kier molecular flexibility index (Phi) is 5.58. The molecule has 0 aliphatic rings. The van der Waals surface area contributed by atoms with Crippen molar-refractivity contribution < 1.29 is 13.2 Å². The van der Waals surface area contributed by atoms with Gasteiger partial charge in [0.2, 0.25) is 10.0 Å². The van der Waals surface area contributed by atoms with Crippen molar-refractivity contribution in [1.29, 1.82) is 0 Å². The maximum Gasteiger partial charge on any atom is 0.332 e. The van der Waals surface area contributed by atoms with Crippen LogP contribution in [0.4, 0.5) is 10.5 Å². The molecule has 0 unspecified atom stereocenters. The first kappa shape index (κ1) is 18.7. The fourth-order valence-electron chi connectivity index (χ4n) is 2.77. The number of hydrogen-bond donors (Lipinski definition) is 2. The molecule has 132 valence electrons. The number of hydrogen-bond acceptors (Lipinski definition) is 4. The van der Waals surface area contributed by atoms with Crippen LogP contribution in [0.15, 0.2) is 43.2 Å². The van der Waals surface area contributed by atoms with E-state index in [1.807, 2.05) is 36.8 Å². The van der Waals surface area contributed by atoms with E-state index in [2.05, 4.69) is 16.9 Å². The Morgan fingerprint density at radius 2 is 1.88 bits per heavy atom. The molecule has 2 rings (SSSR count). The zero-order valence-electron chi connectivity index (χ0n) is 14.5. The summed E-state index contributed by atoms with van der Waals surface area (Å²) in [4.78, 5) is 16.2. The van der Waals surface area contributed by atoms with Gasteiger partial charge in [-0.2, -0.15) is 0 Å². The number of pyridine rings is 1. The molecule has 0 aliphatic carbocycles. The molecule has 2 amide bonds. The third-order valence-electron chi connectivity index (χ3n) is 3.69. The highest BCUT2D eigenvalue weighted by atomic mass is 32.2. The van der Waals surface area contributed by atoms with E-state index in [0.29, 0.717) is 12.1 Å². The molecule has 0 saturated carbocycles. The van der Waals surface area contributed by atoms with Gasteiger partial charge in [0.05, 0.1) is 11.9 Å². The normalized spacial score (nSPS) is 11.0. The average molecular weight is 359 g/mol. The molecule has 1 aromatic heterocycles. The summed E-state index contributed by atoms with van der Waals surface area (Å²) in [6.07, 6.45) is 6.55. The summed E-state index contributed by atoms with van der Waals surface area (Å²) in [6.45, 7) is 7.66. The van der Waals surface area contributed by atoms with Gasteiger partial charge in [-0.1, -0.05) is 12.1 Å². The van der Waals surface area contributed by atoms with Crippen molar-refractivity contribution in [1.82, 2.24) is 9.71 Å². The van der Waals surface area contributed by atoms with Gasteiger partial charge in [-0.25, -0.2) is 17.9 Å². The van der Waals surface area contributed by atoms with Gasteiger partial charge in [0.15, 0.2) is 0 Å². The quantitative estimate of drug-likeness (QED) is 0.803. The standard InChI is InChI=1S/C18H21N3O3S/c1-5-6-15-12(2)11-13(3)16(14-7-9-19-10-8-14)17(15)20-18(22)21-25(4,23)24/h5,7-11H,1,6H2,2-4H3,(H2,20,21,22). The number of sulfonamides is 1.